The fourth-order valence-corrected chi connectivity index (χ4v) is 0. The second-order valence-electron chi connectivity index (χ2n) is 0. The van der Waals surface area contributed by atoms with E-state index in [9.17, 15) is 0 Å². The average molecular weight is 100 g/mol. The van der Waals surface area contributed by atoms with Gasteiger partial charge in [-0.15, -0.1) is 0 Å². The van der Waals surface area contributed by atoms with Crippen LogP contribution in [0.15, 0.2) is 0 Å². The topological polar surface area (TPSA) is 72.0 Å². The van der Waals surface area contributed by atoms with Crippen LogP contribution in [-0.2, 0) is 0 Å². The second-order valence-corrected chi connectivity index (χ2v) is 0. The van der Waals surface area contributed by atoms with Crippen LogP contribution in [0.25, 0.3) is 0 Å². The minimum absolute atomic E-state index is 0. The third-order valence-electron chi connectivity index (χ3n) is 0. The molecule has 0 fully saturated rings. The van der Waals surface area contributed by atoms with Gasteiger partial charge in [0, 0.05) is 0 Å². The SMILES string of the molecule is O.OO.[NaH].[NaH]. The maximum atomic E-state index is 6.00. The van der Waals surface area contributed by atoms with Gasteiger partial charge in [0.1, 0.15) is 0 Å². The summed E-state index contributed by atoms with van der Waals surface area (Å²) in [5.74, 6) is 0. The first-order valence-corrected chi connectivity index (χ1v) is 0.200. The first-order chi connectivity index (χ1) is 1.00. The summed E-state index contributed by atoms with van der Waals surface area (Å²) in [4.78, 5) is 0. The predicted molar refractivity (Wildman–Crippen MR) is 23.2 cm³/mol. The third kappa shape index (κ3) is 25.0. The van der Waals surface area contributed by atoms with Crippen molar-refractivity contribution in [1.82, 2.24) is 0 Å². The Bertz CT molecular complexity index is 4.85. The summed E-state index contributed by atoms with van der Waals surface area (Å²) >= 11 is 0. The van der Waals surface area contributed by atoms with Crippen LogP contribution in [0.1, 0.15) is 0 Å². The maximum absolute atomic E-state index is 6.00. The summed E-state index contributed by atoms with van der Waals surface area (Å²) in [6, 6.07) is 0. The summed E-state index contributed by atoms with van der Waals surface area (Å²) in [5.41, 5.74) is 0. The Balaban J connectivity index is -0.00000000167. The molecule has 0 spiro atoms. The molecule has 0 saturated carbocycles. The van der Waals surface area contributed by atoms with E-state index in [1.54, 1.807) is 0 Å². The minimum atomic E-state index is 0. The van der Waals surface area contributed by atoms with Crippen molar-refractivity contribution in [2.45, 2.75) is 0 Å². The average Bonchev–Trinajstić information content (AvgIpc) is 1.00. The zero-order chi connectivity index (χ0) is 2.00. The number of rotatable bonds is 0. The van der Waals surface area contributed by atoms with Crippen LogP contribution in [0.3, 0.4) is 0 Å². The summed E-state index contributed by atoms with van der Waals surface area (Å²) < 4.78 is 0. The van der Waals surface area contributed by atoms with Gasteiger partial charge in [-0.1, -0.05) is 0 Å². The molecule has 0 heterocycles. The number of hydrogen-bond donors (Lipinski definition) is 2. The molecule has 0 amide bonds. The van der Waals surface area contributed by atoms with Crippen molar-refractivity contribution < 1.29 is 16.0 Å². The van der Waals surface area contributed by atoms with Crippen molar-refractivity contribution in [3.8, 4) is 0 Å². The molecule has 0 aromatic heterocycles. The molecule has 3 nitrogen and oxygen atoms in total. The normalized spacial score (nSPS) is 1.20. The molecule has 0 aliphatic heterocycles. The van der Waals surface area contributed by atoms with Crippen LogP contribution in [0.4, 0.5) is 0 Å². The van der Waals surface area contributed by atoms with Gasteiger partial charge in [0.25, 0.3) is 0 Å². The quantitative estimate of drug-likeness (QED) is 0.208. The summed E-state index contributed by atoms with van der Waals surface area (Å²) in [6.07, 6.45) is 0. The molecule has 5 heavy (non-hydrogen) atoms. The van der Waals surface area contributed by atoms with Gasteiger partial charge in [0.2, 0.25) is 0 Å². The Morgan fingerprint density at radius 2 is 0.800 bits per heavy atom. The van der Waals surface area contributed by atoms with E-state index >= 15 is 0 Å². The van der Waals surface area contributed by atoms with Gasteiger partial charge >= 0.3 is 59.1 Å². The first kappa shape index (κ1) is 28.7. The Morgan fingerprint density at radius 3 is 0.800 bits per heavy atom. The Kier molecular flexibility index (Phi) is 227. The summed E-state index contributed by atoms with van der Waals surface area (Å²) in [6.45, 7) is 0. The summed E-state index contributed by atoms with van der Waals surface area (Å²) in [5, 5.41) is 12.0. The standard InChI is InChI=1S/2Na.H2O2.H2O.2H/c;;1-2;;;/h;;1-2H;1H2;;. The van der Waals surface area contributed by atoms with Gasteiger partial charge in [-0.3, -0.25) is 10.5 Å². The Morgan fingerprint density at radius 1 is 0.800 bits per heavy atom. The van der Waals surface area contributed by atoms with E-state index in [0.29, 0.717) is 0 Å². The molecule has 0 aliphatic rings. The molecule has 0 aliphatic carbocycles. The van der Waals surface area contributed by atoms with Crippen LogP contribution in [0.5, 0.6) is 0 Å². The van der Waals surface area contributed by atoms with Crippen molar-refractivity contribution in [3.63, 3.8) is 0 Å². The van der Waals surface area contributed by atoms with Gasteiger partial charge in [0.15, 0.2) is 0 Å². The Labute approximate surface area is 74.2 Å². The van der Waals surface area contributed by atoms with Crippen molar-refractivity contribution in [3.05, 3.63) is 0 Å². The van der Waals surface area contributed by atoms with Crippen LogP contribution >= 0.6 is 0 Å². The van der Waals surface area contributed by atoms with E-state index in [4.69, 9.17) is 10.5 Å². The van der Waals surface area contributed by atoms with Crippen LogP contribution in [0, 0.1) is 0 Å². The van der Waals surface area contributed by atoms with Crippen LogP contribution < -0.4 is 0 Å². The van der Waals surface area contributed by atoms with E-state index in [-0.39, 0.29) is 64.6 Å². The molecular weight excluding hydrogens is 94.0 g/mol. The third-order valence-corrected chi connectivity index (χ3v) is 0. The molecule has 0 aromatic carbocycles. The van der Waals surface area contributed by atoms with E-state index in [1.807, 2.05) is 0 Å². The fraction of sp³-hybridized carbons (Fsp3) is 0. The molecule has 4 N–H and O–H groups in total. The Hall–Kier alpha value is 1.88. The first-order valence-electron chi connectivity index (χ1n) is 0.200. The molecule has 0 radical (unpaired) electrons. The van der Waals surface area contributed by atoms with Crippen LogP contribution in [0.2, 0.25) is 0 Å². The van der Waals surface area contributed by atoms with E-state index < -0.39 is 0 Å². The van der Waals surface area contributed by atoms with Crippen molar-refractivity contribution in [2.24, 2.45) is 0 Å². The van der Waals surface area contributed by atoms with Crippen molar-refractivity contribution in [2.75, 3.05) is 0 Å². The monoisotopic (exact) mass is 100 g/mol. The zero-order valence-corrected chi connectivity index (χ0v) is 1.39. The van der Waals surface area contributed by atoms with Crippen molar-refractivity contribution >= 4 is 59.1 Å². The molecule has 0 saturated heterocycles. The van der Waals surface area contributed by atoms with Gasteiger partial charge < -0.3 is 5.48 Å². The fourth-order valence-electron chi connectivity index (χ4n) is 0. The number of hydrogen-bond acceptors (Lipinski definition) is 2. The molecule has 5 heteroatoms. The van der Waals surface area contributed by atoms with Gasteiger partial charge in [0.05, 0.1) is 0 Å². The molecular formula is H6Na2O3. The molecule has 26 valence electrons. The van der Waals surface area contributed by atoms with E-state index in [1.165, 1.54) is 0 Å². The van der Waals surface area contributed by atoms with E-state index in [0.717, 1.165) is 0 Å². The molecule has 0 unspecified atom stereocenters. The summed E-state index contributed by atoms with van der Waals surface area (Å²) in [7, 11) is 0. The predicted octanol–water partition coefficient (Wildman–Crippen LogP) is -2.10. The van der Waals surface area contributed by atoms with Gasteiger partial charge in [-0.05, 0) is 0 Å². The van der Waals surface area contributed by atoms with Gasteiger partial charge in [-0.25, -0.2) is 0 Å². The molecule has 0 rings (SSSR count). The van der Waals surface area contributed by atoms with E-state index in [2.05, 4.69) is 0 Å². The molecule has 0 aromatic rings. The zero-order valence-electron chi connectivity index (χ0n) is 1.39. The van der Waals surface area contributed by atoms with Crippen molar-refractivity contribution in [1.29, 1.82) is 0 Å². The second kappa shape index (κ2) is 39.6. The van der Waals surface area contributed by atoms with Gasteiger partial charge in [-0.2, -0.15) is 0 Å². The van der Waals surface area contributed by atoms with Crippen LogP contribution in [-0.4, -0.2) is 75.1 Å². The molecule has 0 atom stereocenters. The molecule has 0 bridgehead atoms.